The van der Waals surface area contributed by atoms with Gasteiger partial charge in [0.1, 0.15) is 0 Å². The van der Waals surface area contributed by atoms with E-state index in [0.29, 0.717) is 18.6 Å². The second kappa shape index (κ2) is 5.57. The zero-order valence-corrected chi connectivity index (χ0v) is 11.5. The standard InChI is InChI=1S/C14H26N2O2/c1-14(2,13(17)18)9-15-10-3-5-11(6-4-10)16-12-7-8-12/h10-12,15-16H,3-9H2,1-2H3,(H,17,18). The van der Waals surface area contributed by atoms with Crippen molar-refractivity contribution in [3.63, 3.8) is 0 Å². The van der Waals surface area contributed by atoms with Gasteiger partial charge in [0.2, 0.25) is 0 Å². The molecule has 0 aromatic heterocycles. The van der Waals surface area contributed by atoms with Gasteiger partial charge in [-0.3, -0.25) is 4.79 Å². The maximum atomic E-state index is 11.0. The van der Waals surface area contributed by atoms with Gasteiger partial charge in [-0.2, -0.15) is 0 Å². The summed E-state index contributed by atoms with van der Waals surface area (Å²) in [5, 5.41) is 16.2. The Morgan fingerprint density at radius 1 is 1.06 bits per heavy atom. The fraction of sp³-hybridized carbons (Fsp3) is 0.929. The first kappa shape index (κ1) is 13.8. The van der Waals surface area contributed by atoms with Crippen molar-refractivity contribution in [2.75, 3.05) is 6.54 Å². The molecule has 2 rings (SSSR count). The van der Waals surface area contributed by atoms with Gasteiger partial charge in [0, 0.05) is 24.7 Å². The number of carbonyl (C=O) groups is 1. The fourth-order valence-corrected chi connectivity index (χ4v) is 2.52. The molecule has 0 atom stereocenters. The van der Waals surface area contributed by atoms with E-state index in [2.05, 4.69) is 10.6 Å². The van der Waals surface area contributed by atoms with Crippen LogP contribution in [0.4, 0.5) is 0 Å². The summed E-state index contributed by atoms with van der Waals surface area (Å²) < 4.78 is 0. The Kier molecular flexibility index (Phi) is 4.28. The number of hydrogen-bond donors (Lipinski definition) is 3. The van der Waals surface area contributed by atoms with E-state index >= 15 is 0 Å². The zero-order valence-electron chi connectivity index (χ0n) is 11.5. The minimum atomic E-state index is -0.723. The number of rotatable bonds is 6. The van der Waals surface area contributed by atoms with Gasteiger partial charge in [0.15, 0.2) is 0 Å². The van der Waals surface area contributed by atoms with Gasteiger partial charge >= 0.3 is 5.97 Å². The topological polar surface area (TPSA) is 61.4 Å². The molecule has 2 aliphatic rings. The van der Waals surface area contributed by atoms with Crippen molar-refractivity contribution in [2.24, 2.45) is 5.41 Å². The average Bonchev–Trinajstić information content (AvgIpc) is 3.12. The van der Waals surface area contributed by atoms with Gasteiger partial charge in [-0.1, -0.05) is 0 Å². The van der Waals surface area contributed by atoms with Crippen molar-refractivity contribution in [2.45, 2.75) is 70.5 Å². The summed E-state index contributed by atoms with van der Waals surface area (Å²) in [4.78, 5) is 11.0. The predicted molar refractivity (Wildman–Crippen MR) is 71.6 cm³/mol. The van der Waals surface area contributed by atoms with E-state index in [1.807, 2.05) is 0 Å². The van der Waals surface area contributed by atoms with E-state index in [-0.39, 0.29) is 0 Å². The van der Waals surface area contributed by atoms with Gasteiger partial charge in [-0.15, -0.1) is 0 Å². The molecular weight excluding hydrogens is 228 g/mol. The Labute approximate surface area is 110 Å². The highest BCUT2D eigenvalue weighted by molar-refractivity contribution is 5.73. The number of hydrogen-bond acceptors (Lipinski definition) is 3. The first-order chi connectivity index (χ1) is 8.47. The minimum Gasteiger partial charge on any atom is -0.481 e. The van der Waals surface area contributed by atoms with E-state index < -0.39 is 11.4 Å². The summed E-state index contributed by atoms with van der Waals surface area (Å²) in [7, 11) is 0. The molecule has 3 N–H and O–H groups in total. The lowest BCUT2D eigenvalue weighted by atomic mass is 9.89. The van der Waals surface area contributed by atoms with Crippen LogP contribution in [0.25, 0.3) is 0 Å². The number of carboxylic acid groups (broad SMARTS) is 1. The van der Waals surface area contributed by atoms with Crippen LogP contribution in [0.5, 0.6) is 0 Å². The van der Waals surface area contributed by atoms with Crippen molar-refractivity contribution in [1.82, 2.24) is 10.6 Å². The lowest BCUT2D eigenvalue weighted by molar-refractivity contribution is -0.146. The quantitative estimate of drug-likeness (QED) is 0.676. The summed E-state index contributed by atoms with van der Waals surface area (Å²) in [6.07, 6.45) is 7.49. The molecule has 0 heterocycles. The maximum Gasteiger partial charge on any atom is 0.310 e. The number of carboxylic acids is 1. The summed E-state index contributed by atoms with van der Waals surface area (Å²) in [5.41, 5.74) is -0.664. The van der Waals surface area contributed by atoms with Crippen molar-refractivity contribution in [3.8, 4) is 0 Å². The molecule has 0 spiro atoms. The smallest absolute Gasteiger partial charge is 0.310 e. The van der Waals surface area contributed by atoms with Crippen LogP contribution in [0.2, 0.25) is 0 Å². The first-order valence-electron chi connectivity index (χ1n) is 7.20. The molecule has 0 radical (unpaired) electrons. The van der Waals surface area contributed by atoms with Crippen LogP contribution in [0.15, 0.2) is 0 Å². The highest BCUT2D eigenvalue weighted by Crippen LogP contribution is 2.25. The Hall–Kier alpha value is -0.610. The average molecular weight is 254 g/mol. The Balaban J connectivity index is 1.65. The van der Waals surface area contributed by atoms with Gasteiger partial charge in [0.05, 0.1) is 5.41 Å². The molecule has 0 aromatic rings. The lowest BCUT2D eigenvalue weighted by Crippen LogP contribution is -2.45. The molecule has 0 unspecified atom stereocenters. The molecule has 2 fully saturated rings. The van der Waals surface area contributed by atoms with E-state index in [9.17, 15) is 4.79 Å². The van der Waals surface area contributed by atoms with E-state index in [0.717, 1.165) is 6.04 Å². The Morgan fingerprint density at radius 3 is 1.94 bits per heavy atom. The van der Waals surface area contributed by atoms with Crippen LogP contribution < -0.4 is 10.6 Å². The van der Waals surface area contributed by atoms with Crippen molar-refractivity contribution < 1.29 is 9.90 Å². The van der Waals surface area contributed by atoms with E-state index in [1.165, 1.54) is 38.5 Å². The third kappa shape index (κ3) is 3.95. The molecule has 4 heteroatoms. The number of nitrogens with one attached hydrogen (secondary N) is 2. The summed E-state index contributed by atoms with van der Waals surface area (Å²) >= 11 is 0. The second-order valence-electron chi connectivity index (χ2n) is 6.56. The van der Waals surface area contributed by atoms with Crippen LogP contribution in [0.1, 0.15) is 52.4 Å². The molecule has 104 valence electrons. The van der Waals surface area contributed by atoms with Crippen LogP contribution in [-0.4, -0.2) is 35.7 Å². The molecule has 0 aliphatic heterocycles. The minimum absolute atomic E-state index is 0.501. The summed E-state index contributed by atoms with van der Waals surface area (Å²) in [6, 6.07) is 1.99. The Bertz CT molecular complexity index is 292. The van der Waals surface area contributed by atoms with Gasteiger partial charge in [0.25, 0.3) is 0 Å². The van der Waals surface area contributed by atoms with Crippen LogP contribution in [0.3, 0.4) is 0 Å². The molecular formula is C14H26N2O2. The molecule has 4 nitrogen and oxygen atoms in total. The molecule has 0 aromatic carbocycles. The molecule has 0 amide bonds. The third-order valence-electron chi connectivity index (χ3n) is 4.19. The van der Waals surface area contributed by atoms with E-state index in [4.69, 9.17) is 5.11 Å². The van der Waals surface area contributed by atoms with E-state index in [1.54, 1.807) is 13.8 Å². The molecule has 2 aliphatic carbocycles. The fourth-order valence-electron chi connectivity index (χ4n) is 2.52. The van der Waals surface area contributed by atoms with Crippen molar-refractivity contribution >= 4 is 5.97 Å². The maximum absolute atomic E-state index is 11.0. The monoisotopic (exact) mass is 254 g/mol. The zero-order chi connectivity index (χ0) is 13.2. The van der Waals surface area contributed by atoms with Gasteiger partial charge < -0.3 is 15.7 Å². The summed E-state index contributed by atoms with van der Waals surface area (Å²) in [6.45, 7) is 4.12. The number of aliphatic carboxylic acids is 1. The highest BCUT2D eigenvalue weighted by Gasteiger charge is 2.30. The lowest BCUT2D eigenvalue weighted by Gasteiger charge is -2.32. The van der Waals surface area contributed by atoms with Crippen LogP contribution >= 0.6 is 0 Å². The van der Waals surface area contributed by atoms with Gasteiger partial charge in [-0.25, -0.2) is 0 Å². The largest absolute Gasteiger partial charge is 0.481 e. The summed E-state index contributed by atoms with van der Waals surface area (Å²) in [5.74, 6) is -0.723. The van der Waals surface area contributed by atoms with Crippen LogP contribution in [-0.2, 0) is 4.79 Å². The first-order valence-corrected chi connectivity index (χ1v) is 7.20. The third-order valence-corrected chi connectivity index (χ3v) is 4.19. The SMILES string of the molecule is CC(C)(CNC1CCC(NC2CC2)CC1)C(=O)O. The van der Waals surface area contributed by atoms with Crippen molar-refractivity contribution in [3.05, 3.63) is 0 Å². The molecule has 18 heavy (non-hydrogen) atoms. The molecule has 0 bridgehead atoms. The normalized spacial score (nSPS) is 29.2. The van der Waals surface area contributed by atoms with Crippen LogP contribution in [0, 0.1) is 5.41 Å². The predicted octanol–water partition coefficient (Wildman–Crippen LogP) is 1.75. The van der Waals surface area contributed by atoms with Gasteiger partial charge in [-0.05, 0) is 52.4 Å². The highest BCUT2D eigenvalue weighted by atomic mass is 16.4. The molecule has 2 saturated carbocycles. The molecule has 0 saturated heterocycles. The van der Waals surface area contributed by atoms with Crippen molar-refractivity contribution in [1.29, 1.82) is 0 Å². The Morgan fingerprint density at radius 2 is 1.50 bits per heavy atom. The second-order valence-corrected chi connectivity index (χ2v) is 6.56.